The number of rotatable bonds is 10. The van der Waals surface area contributed by atoms with Crippen molar-refractivity contribution in [3.8, 4) is 5.75 Å². The van der Waals surface area contributed by atoms with E-state index in [2.05, 4.69) is 0 Å². The highest BCUT2D eigenvalue weighted by Gasteiger charge is 2.38. The van der Waals surface area contributed by atoms with Gasteiger partial charge in [0.15, 0.2) is 12.4 Å². The lowest BCUT2D eigenvalue weighted by atomic mass is 9.95. The Balaban J connectivity index is 1.80. The molecule has 0 aliphatic heterocycles. The average molecular weight is 505 g/mol. The first-order valence-electron chi connectivity index (χ1n) is 11.8. The zero-order valence-electron chi connectivity index (χ0n) is 20.6. The van der Waals surface area contributed by atoms with Gasteiger partial charge in [0.25, 0.3) is 0 Å². The highest BCUT2D eigenvalue weighted by atomic mass is 31.2. The summed E-state index contributed by atoms with van der Waals surface area (Å²) in [4.78, 5) is 25.8. The molecule has 0 radical (unpaired) electrons. The number of hydrogen-bond acceptors (Lipinski definition) is 6. The normalized spacial score (nSPS) is 13.8. The molecule has 186 valence electrons. The summed E-state index contributed by atoms with van der Waals surface area (Å²) in [5, 5.41) is 3.51. The molecule has 0 aromatic heterocycles. The number of carbonyl (C=O) groups excluding carboxylic acids is 2. The van der Waals surface area contributed by atoms with Crippen LogP contribution in [0.1, 0.15) is 23.7 Å². The number of ketones is 1. The Morgan fingerprint density at radius 2 is 1.50 bits per heavy atom. The zero-order chi connectivity index (χ0) is 25.7. The molecule has 0 saturated heterocycles. The summed E-state index contributed by atoms with van der Waals surface area (Å²) >= 11 is 0. The summed E-state index contributed by atoms with van der Waals surface area (Å²) in [5.41, 5.74) is 0.322. The monoisotopic (exact) mass is 504 g/mol. The molecule has 7 heteroatoms. The zero-order valence-corrected chi connectivity index (χ0v) is 21.5. The summed E-state index contributed by atoms with van der Waals surface area (Å²) in [6, 6.07) is 24.7. The number of ether oxygens (including phenoxy) is 2. The number of methoxy groups -OCH3 is 1. The van der Waals surface area contributed by atoms with Gasteiger partial charge in [0.05, 0.1) is 13.7 Å². The lowest BCUT2D eigenvalue weighted by Crippen LogP contribution is -2.18. The van der Waals surface area contributed by atoms with Gasteiger partial charge in [0.2, 0.25) is 7.37 Å². The number of carbonyl (C=O) groups is 2. The highest BCUT2D eigenvalue weighted by molar-refractivity contribution is 7.59. The SMILES string of the molecule is CCOP(C)(=O)C(C(=O)Cc1ccc2ccccc2c1OCC(=O)OC)c1cccc2ccccc12. The third kappa shape index (κ3) is 5.35. The molecule has 4 aromatic rings. The van der Waals surface area contributed by atoms with Crippen LogP contribution in [-0.2, 0) is 29.8 Å². The maximum Gasteiger partial charge on any atom is 0.343 e. The Labute approximate surface area is 210 Å². The number of Topliss-reactive ketones (excluding diaryl/α,β-unsaturated/α-hetero) is 1. The van der Waals surface area contributed by atoms with Crippen molar-refractivity contribution < 1.29 is 28.2 Å². The van der Waals surface area contributed by atoms with Gasteiger partial charge in [-0.2, -0.15) is 0 Å². The topological polar surface area (TPSA) is 78.9 Å². The predicted octanol–water partition coefficient (Wildman–Crippen LogP) is 6.34. The van der Waals surface area contributed by atoms with Crippen molar-refractivity contribution >= 4 is 40.7 Å². The van der Waals surface area contributed by atoms with Crippen LogP contribution in [0.2, 0.25) is 0 Å². The van der Waals surface area contributed by atoms with Crippen LogP contribution in [0, 0.1) is 0 Å². The van der Waals surface area contributed by atoms with E-state index in [9.17, 15) is 14.2 Å². The largest absolute Gasteiger partial charge is 0.481 e. The first-order chi connectivity index (χ1) is 17.4. The molecule has 0 saturated carbocycles. The Hall–Kier alpha value is -3.47. The molecule has 0 heterocycles. The van der Waals surface area contributed by atoms with Gasteiger partial charge in [-0.1, -0.05) is 78.9 Å². The average Bonchev–Trinajstić information content (AvgIpc) is 2.87. The van der Waals surface area contributed by atoms with Crippen LogP contribution in [0.3, 0.4) is 0 Å². The van der Waals surface area contributed by atoms with Gasteiger partial charge in [-0.25, -0.2) is 4.79 Å². The number of fused-ring (bicyclic) bond motifs is 2. The van der Waals surface area contributed by atoms with E-state index in [1.54, 1.807) is 6.92 Å². The molecule has 0 aliphatic rings. The van der Waals surface area contributed by atoms with E-state index in [0.29, 0.717) is 16.9 Å². The molecular formula is C29H29O6P. The van der Waals surface area contributed by atoms with Crippen LogP contribution in [0.4, 0.5) is 0 Å². The van der Waals surface area contributed by atoms with Crippen molar-refractivity contribution in [1.82, 2.24) is 0 Å². The molecular weight excluding hydrogens is 475 g/mol. The summed E-state index contributed by atoms with van der Waals surface area (Å²) < 4.78 is 30.1. The van der Waals surface area contributed by atoms with Crippen LogP contribution in [0.25, 0.3) is 21.5 Å². The van der Waals surface area contributed by atoms with Crippen LogP contribution in [0.15, 0.2) is 78.9 Å². The van der Waals surface area contributed by atoms with Gasteiger partial charge in [-0.05, 0) is 28.6 Å². The maximum atomic E-state index is 14.0. The molecule has 2 unspecified atom stereocenters. The van der Waals surface area contributed by atoms with E-state index >= 15 is 0 Å². The van der Waals surface area contributed by atoms with Gasteiger partial charge in [0, 0.05) is 24.0 Å². The second-order valence-electron chi connectivity index (χ2n) is 8.58. The van der Waals surface area contributed by atoms with Crippen molar-refractivity contribution in [3.63, 3.8) is 0 Å². The van der Waals surface area contributed by atoms with Crippen molar-refractivity contribution in [2.45, 2.75) is 19.0 Å². The van der Waals surface area contributed by atoms with Crippen LogP contribution in [0.5, 0.6) is 5.75 Å². The second kappa shape index (κ2) is 11.1. The summed E-state index contributed by atoms with van der Waals surface area (Å²) in [6.07, 6.45) is -0.0415. The third-order valence-corrected chi connectivity index (χ3v) is 8.44. The number of hydrogen-bond donors (Lipinski definition) is 0. The number of esters is 1. The Morgan fingerprint density at radius 3 is 2.19 bits per heavy atom. The quantitative estimate of drug-likeness (QED) is 0.185. The molecule has 0 bridgehead atoms. The maximum absolute atomic E-state index is 14.0. The van der Waals surface area contributed by atoms with E-state index in [1.165, 1.54) is 13.8 Å². The molecule has 36 heavy (non-hydrogen) atoms. The first-order valence-corrected chi connectivity index (χ1v) is 13.9. The van der Waals surface area contributed by atoms with E-state index in [0.717, 1.165) is 21.5 Å². The molecule has 0 spiro atoms. The smallest absolute Gasteiger partial charge is 0.343 e. The van der Waals surface area contributed by atoms with Crippen LogP contribution < -0.4 is 4.74 Å². The van der Waals surface area contributed by atoms with Gasteiger partial charge in [0.1, 0.15) is 11.4 Å². The van der Waals surface area contributed by atoms with Crippen molar-refractivity contribution in [3.05, 3.63) is 90.0 Å². The Morgan fingerprint density at radius 1 is 0.861 bits per heavy atom. The van der Waals surface area contributed by atoms with E-state index < -0.39 is 19.0 Å². The molecule has 2 atom stereocenters. The molecule has 0 amide bonds. The standard InChI is InChI=1S/C29H29O6P/c1-4-35-36(3,32)29(25-15-9-12-20-10-5-7-13-23(20)25)26(30)18-22-17-16-21-11-6-8-14-24(21)28(22)34-19-27(31)33-2/h5-17,29H,4,18-19H2,1-3H3. The second-order valence-corrected chi connectivity index (χ2v) is 11.2. The van der Waals surface area contributed by atoms with Crippen LogP contribution >= 0.6 is 7.37 Å². The highest BCUT2D eigenvalue weighted by Crippen LogP contribution is 2.58. The molecule has 6 nitrogen and oxygen atoms in total. The minimum Gasteiger partial charge on any atom is -0.481 e. The van der Waals surface area contributed by atoms with E-state index in [4.69, 9.17) is 14.0 Å². The fraction of sp³-hybridized carbons (Fsp3) is 0.241. The van der Waals surface area contributed by atoms with Gasteiger partial charge in [-0.3, -0.25) is 9.36 Å². The van der Waals surface area contributed by atoms with E-state index in [1.807, 2.05) is 78.9 Å². The molecule has 0 fully saturated rings. The van der Waals surface area contributed by atoms with Gasteiger partial charge >= 0.3 is 5.97 Å². The minimum atomic E-state index is -3.39. The van der Waals surface area contributed by atoms with Crippen molar-refractivity contribution in [2.24, 2.45) is 0 Å². The van der Waals surface area contributed by atoms with E-state index in [-0.39, 0.29) is 25.4 Å². The molecule has 4 rings (SSSR count). The molecule has 4 aromatic carbocycles. The minimum absolute atomic E-state index is 0.0415. The Kier molecular flexibility index (Phi) is 7.88. The lowest BCUT2D eigenvalue weighted by Gasteiger charge is -2.25. The fourth-order valence-corrected chi connectivity index (χ4v) is 6.59. The van der Waals surface area contributed by atoms with Crippen molar-refractivity contribution in [2.75, 3.05) is 27.0 Å². The summed E-state index contributed by atoms with van der Waals surface area (Å²) in [7, 11) is -2.09. The number of benzene rings is 4. The molecule has 0 aliphatic carbocycles. The summed E-state index contributed by atoms with van der Waals surface area (Å²) in [5.74, 6) is -0.335. The lowest BCUT2D eigenvalue weighted by molar-refractivity contribution is -0.142. The van der Waals surface area contributed by atoms with Gasteiger partial charge in [-0.15, -0.1) is 0 Å². The van der Waals surface area contributed by atoms with Gasteiger partial charge < -0.3 is 14.0 Å². The third-order valence-electron chi connectivity index (χ3n) is 6.17. The summed E-state index contributed by atoms with van der Waals surface area (Å²) in [6.45, 7) is 3.23. The van der Waals surface area contributed by atoms with Crippen LogP contribution in [-0.4, -0.2) is 38.7 Å². The first kappa shape index (κ1) is 25.6. The predicted molar refractivity (Wildman–Crippen MR) is 142 cm³/mol. The Bertz CT molecular complexity index is 1460. The van der Waals surface area contributed by atoms with Crippen molar-refractivity contribution in [1.29, 1.82) is 0 Å². The fourth-order valence-electron chi connectivity index (χ4n) is 4.58. The molecule has 0 N–H and O–H groups in total.